The molecule has 1 aromatic rings. The van der Waals surface area contributed by atoms with Crippen LogP contribution in [0.4, 0.5) is 0 Å². The summed E-state index contributed by atoms with van der Waals surface area (Å²) in [6.45, 7) is 4.27. The maximum absolute atomic E-state index is 5.02. The van der Waals surface area contributed by atoms with Gasteiger partial charge in [0.25, 0.3) is 5.19 Å². The van der Waals surface area contributed by atoms with Crippen molar-refractivity contribution in [1.29, 1.82) is 0 Å². The minimum absolute atomic E-state index is 0.435. The minimum atomic E-state index is 0.435. The number of halogens is 1. The molecule has 0 N–H and O–H groups in total. The summed E-state index contributed by atoms with van der Waals surface area (Å²) in [5.41, 5.74) is 1.10. The second-order valence-electron chi connectivity index (χ2n) is 2.71. The number of ether oxygens (including phenoxy) is 1. The average molecular weight is 250 g/mol. The van der Waals surface area contributed by atoms with Crippen molar-refractivity contribution in [1.82, 2.24) is 4.98 Å². The lowest BCUT2D eigenvalue weighted by molar-refractivity contribution is 0.410. The highest BCUT2D eigenvalue weighted by Crippen LogP contribution is 2.28. The molecule has 12 heavy (non-hydrogen) atoms. The normalized spacial score (nSPS) is 15.7. The van der Waals surface area contributed by atoms with Crippen LogP contribution in [0.2, 0.25) is 0 Å². The molecule has 4 heteroatoms. The third-order valence-electron chi connectivity index (χ3n) is 1.83. The lowest BCUT2D eigenvalue weighted by Crippen LogP contribution is -2.04. The number of aromatic nitrogens is 1. The highest BCUT2D eigenvalue weighted by molar-refractivity contribution is 9.09. The lowest BCUT2D eigenvalue weighted by Gasteiger charge is -2.09. The van der Waals surface area contributed by atoms with E-state index in [-0.39, 0.29) is 0 Å². The molecule has 0 saturated heterocycles. The van der Waals surface area contributed by atoms with E-state index in [4.69, 9.17) is 4.74 Å². The molecular formula is C8H12BrNOS. The number of methoxy groups -OCH3 is 1. The van der Waals surface area contributed by atoms with Crippen LogP contribution >= 0.6 is 27.3 Å². The monoisotopic (exact) mass is 249 g/mol. The molecule has 0 aromatic carbocycles. The van der Waals surface area contributed by atoms with E-state index in [9.17, 15) is 0 Å². The van der Waals surface area contributed by atoms with Crippen LogP contribution in [0.3, 0.4) is 0 Å². The Morgan fingerprint density at radius 3 is 2.67 bits per heavy atom. The first-order valence-electron chi connectivity index (χ1n) is 3.78. The first kappa shape index (κ1) is 9.99. The summed E-state index contributed by atoms with van der Waals surface area (Å²) in [5.74, 6) is 0.435. The molecule has 2 nitrogen and oxygen atoms in total. The predicted molar refractivity (Wildman–Crippen MR) is 55.5 cm³/mol. The van der Waals surface area contributed by atoms with Gasteiger partial charge in [-0.05, 0) is 0 Å². The molecule has 1 rings (SSSR count). The van der Waals surface area contributed by atoms with Crippen LogP contribution in [-0.2, 0) is 0 Å². The van der Waals surface area contributed by atoms with Crippen molar-refractivity contribution in [2.24, 2.45) is 0 Å². The number of alkyl halides is 1. The summed E-state index contributed by atoms with van der Waals surface area (Å²) in [7, 11) is 1.64. The van der Waals surface area contributed by atoms with Crippen LogP contribution in [0.15, 0.2) is 5.38 Å². The van der Waals surface area contributed by atoms with E-state index in [1.807, 2.05) is 5.38 Å². The van der Waals surface area contributed by atoms with E-state index in [1.165, 1.54) is 0 Å². The average Bonchev–Trinajstić information content (AvgIpc) is 2.50. The molecule has 0 aliphatic rings. The Balaban J connectivity index is 2.74. The zero-order valence-corrected chi connectivity index (χ0v) is 9.78. The summed E-state index contributed by atoms with van der Waals surface area (Å²) in [6.07, 6.45) is 0. The van der Waals surface area contributed by atoms with E-state index in [2.05, 4.69) is 34.8 Å². The van der Waals surface area contributed by atoms with Gasteiger partial charge in [0.1, 0.15) is 0 Å². The molecule has 0 aliphatic carbocycles. The lowest BCUT2D eigenvalue weighted by atomic mass is 10.1. The van der Waals surface area contributed by atoms with Gasteiger partial charge >= 0.3 is 0 Å². The molecule has 0 amide bonds. The molecule has 1 aromatic heterocycles. The van der Waals surface area contributed by atoms with Crippen molar-refractivity contribution < 1.29 is 4.74 Å². The minimum Gasteiger partial charge on any atom is -0.473 e. The zero-order chi connectivity index (χ0) is 9.14. The highest BCUT2D eigenvalue weighted by Gasteiger charge is 2.14. The first-order valence-corrected chi connectivity index (χ1v) is 5.58. The Morgan fingerprint density at radius 1 is 1.58 bits per heavy atom. The van der Waals surface area contributed by atoms with E-state index < -0.39 is 0 Å². The second kappa shape index (κ2) is 4.23. The molecule has 0 bridgehead atoms. The molecule has 0 spiro atoms. The predicted octanol–water partition coefficient (Wildman–Crippen LogP) is 3.04. The van der Waals surface area contributed by atoms with Gasteiger partial charge in [0.2, 0.25) is 0 Å². The largest absolute Gasteiger partial charge is 0.473 e. The molecule has 2 atom stereocenters. The number of hydrogen-bond acceptors (Lipinski definition) is 3. The second-order valence-corrected chi connectivity index (χ2v) is 4.97. The van der Waals surface area contributed by atoms with Crippen LogP contribution in [-0.4, -0.2) is 16.9 Å². The molecule has 0 saturated carbocycles. The smallest absolute Gasteiger partial charge is 0.273 e. The summed E-state index contributed by atoms with van der Waals surface area (Å²) < 4.78 is 5.02. The van der Waals surface area contributed by atoms with Gasteiger partial charge in [0.15, 0.2) is 0 Å². The van der Waals surface area contributed by atoms with Crippen LogP contribution in [0.1, 0.15) is 25.5 Å². The van der Waals surface area contributed by atoms with E-state index >= 15 is 0 Å². The van der Waals surface area contributed by atoms with Crippen LogP contribution < -0.4 is 4.74 Å². The fourth-order valence-electron chi connectivity index (χ4n) is 0.807. The van der Waals surface area contributed by atoms with Crippen LogP contribution in [0.5, 0.6) is 5.19 Å². The van der Waals surface area contributed by atoms with E-state index in [0.717, 1.165) is 10.9 Å². The van der Waals surface area contributed by atoms with E-state index in [1.54, 1.807) is 18.4 Å². The number of hydrogen-bond donors (Lipinski definition) is 0. The summed E-state index contributed by atoms with van der Waals surface area (Å²) in [4.78, 5) is 4.76. The quantitative estimate of drug-likeness (QED) is 0.769. The number of nitrogens with zero attached hydrogens (tertiary/aromatic N) is 1. The first-order chi connectivity index (χ1) is 5.65. The summed E-state index contributed by atoms with van der Waals surface area (Å²) >= 11 is 5.07. The van der Waals surface area contributed by atoms with Gasteiger partial charge in [-0.2, -0.15) is 0 Å². The third kappa shape index (κ3) is 2.20. The number of rotatable bonds is 3. The third-order valence-corrected chi connectivity index (χ3v) is 3.44. The fourth-order valence-corrected chi connectivity index (χ4v) is 1.82. The topological polar surface area (TPSA) is 22.1 Å². The van der Waals surface area contributed by atoms with Gasteiger partial charge in [0, 0.05) is 16.1 Å². The maximum Gasteiger partial charge on any atom is 0.273 e. The van der Waals surface area contributed by atoms with Crippen molar-refractivity contribution in [2.45, 2.75) is 24.6 Å². The molecule has 2 unspecified atom stereocenters. The fraction of sp³-hybridized carbons (Fsp3) is 0.625. The molecular weight excluding hydrogens is 238 g/mol. The van der Waals surface area contributed by atoms with Crippen LogP contribution in [0, 0.1) is 0 Å². The standard InChI is InChI=1S/C8H12BrNOS/c1-5(6(2)9)7-4-12-8(10-7)11-3/h4-6H,1-3H3. The SMILES string of the molecule is COc1nc(C(C)C(C)Br)cs1. The Hall–Kier alpha value is -0.0900. The summed E-state index contributed by atoms with van der Waals surface area (Å²) in [5, 5.41) is 2.78. The Bertz CT molecular complexity index is 249. The van der Waals surface area contributed by atoms with E-state index in [0.29, 0.717) is 10.7 Å². The van der Waals surface area contributed by atoms with Gasteiger partial charge in [-0.1, -0.05) is 41.1 Å². The van der Waals surface area contributed by atoms with Gasteiger partial charge in [-0.15, -0.1) is 0 Å². The molecule has 0 radical (unpaired) electrons. The van der Waals surface area contributed by atoms with Gasteiger partial charge in [-0.3, -0.25) is 0 Å². The Kier molecular flexibility index (Phi) is 3.53. The van der Waals surface area contributed by atoms with Crippen molar-refractivity contribution in [3.05, 3.63) is 11.1 Å². The molecule has 1 heterocycles. The molecule has 68 valence electrons. The van der Waals surface area contributed by atoms with Gasteiger partial charge in [-0.25, -0.2) is 4.98 Å². The zero-order valence-electron chi connectivity index (χ0n) is 7.37. The molecule has 0 aliphatic heterocycles. The van der Waals surface area contributed by atoms with Gasteiger partial charge in [0.05, 0.1) is 12.8 Å². The maximum atomic E-state index is 5.02. The van der Waals surface area contributed by atoms with Gasteiger partial charge < -0.3 is 4.74 Å². The highest BCUT2D eigenvalue weighted by atomic mass is 79.9. The van der Waals surface area contributed by atoms with Crippen molar-refractivity contribution in [3.63, 3.8) is 0 Å². The van der Waals surface area contributed by atoms with Crippen molar-refractivity contribution in [3.8, 4) is 5.19 Å². The molecule has 0 fully saturated rings. The van der Waals surface area contributed by atoms with Crippen molar-refractivity contribution >= 4 is 27.3 Å². The van der Waals surface area contributed by atoms with Crippen LogP contribution in [0.25, 0.3) is 0 Å². The summed E-state index contributed by atoms with van der Waals surface area (Å²) in [6, 6.07) is 0. The number of thiazole rings is 1. The van der Waals surface area contributed by atoms with Crippen molar-refractivity contribution in [2.75, 3.05) is 7.11 Å². The Morgan fingerprint density at radius 2 is 2.25 bits per heavy atom. The Labute approximate surface area is 85.1 Å².